The average Bonchev–Trinajstić information content (AvgIpc) is 3.05. The molecule has 0 bridgehead atoms. The van der Waals surface area contributed by atoms with Crippen LogP contribution in [-0.2, 0) is 21.3 Å². The molecular weight excluding hydrogens is 352 g/mol. The summed E-state index contributed by atoms with van der Waals surface area (Å²) in [6.07, 6.45) is 0.649. The predicted molar refractivity (Wildman–Crippen MR) is 100 cm³/mol. The van der Waals surface area contributed by atoms with Gasteiger partial charge in [0.05, 0.1) is 19.8 Å². The van der Waals surface area contributed by atoms with Gasteiger partial charge >= 0.3 is 0 Å². The van der Waals surface area contributed by atoms with E-state index in [1.807, 2.05) is 54.6 Å². The second-order valence-corrected chi connectivity index (χ2v) is 8.26. The molecule has 3 rings (SSSR count). The smallest absolute Gasteiger partial charge is 0.218 e. The van der Waals surface area contributed by atoms with E-state index in [1.54, 1.807) is 19.2 Å². The van der Waals surface area contributed by atoms with E-state index in [4.69, 9.17) is 9.57 Å². The van der Waals surface area contributed by atoms with Crippen LogP contribution >= 0.6 is 0 Å². The highest BCUT2D eigenvalue weighted by atomic mass is 32.2. The second-order valence-electron chi connectivity index (χ2n) is 6.27. The summed E-state index contributed by atoms with van der Waals surface area (Å²) in [4.78, 5) is 5.52. The molecule has 2 atom stereocenters. The first-order valence-corrected chi connectivity index (χ1v) is 10.1. The third-order valence-electron chi connectivity index (χ3n) is 4.60. The number of benzene rings is 2. The van der Waals surface area contributed by atoms with E-state index in [9.17, 15) is 8.42 Å². The predicted octanol–water partition coefficient (Wildman–Crippen LogP) is 2.14. The van der Waals surface area contributed by atoms with Gasteiger partial charge in [-0.15, -0.1) is 0 Å². The van der Waals surface area contributed by atoms with Gasteiger partial charge in [-0.1, -0.05) is 42.5 Å². The monoisotopic (exact) mass is 376 g/mol. The van der Waals surface area contributed by atoms with Gasteiger partial charge in [0.25, 0.3) is 0 Å². The second kappa shape index (κ2) is 8.18. The lowest BCUT2D eigenvalue weighted by molar-refractivity contribution is -0.110. The number of nitrogens with one attached hydrogen (secondary N) is 1. The molecule has 1 aliphatic heterocycles. The van der Waals surface area contributed by atoms with Crippen molar-refractivity contribution in [1.82, 2.24) is 9.79 Å². The molecule has 1 N–H and O–H groups in total. The fraction of sp³-hybridized carbons (Fsp3) is 0.368. The number of rotatable bonds is 7. The van der Waals surface area contributed by atoms with Gasteiger partial charge in [-0.2, -0.15) is 5.06 Å². The third-order valence-corrected chi connectivity index (χ3v) is 6.40. The van der Waals surface area contributed by atoms with E-state index in [1.165, 1.54) is 0 Å². The van der Waals surface area contributed by atoms with Crippen LogP contribution in [0.4, 0.5) is 0 Å². The van der Waals surface area contributed by atoms with Crippen LogP contribution in [0.15, 0.2) is 54.6 Å². The molecule has 0 unspecified atom stereocenters. The zero-order valence-electron chi connectivity index (χ0n) is 15.0. The Balaban J connectivity index is 1.70. The van der Waals surface area contributed by atoms with Crippen LogP contribution < -0.4 is 9.46 Å². The number of methoxy groups -OCH3 is 1. The maximum absolute atomic E-state index is 12.8. The van der Waals surface area contributed by atoms with Gasteiger partial charge in [0.15, 0.2) is 0 Å². The Hall–Kier alpha value is -1.93. The minimum Gasteiger partial charge on any atom is -0.497 e. The minimum atomic E-state index is -3.52. The van der Waals surface area contributed by atoms with E-state index < -0.39 is 15.3 Å². The van der Waals surface area contributed by atoms with E-state index in [2.05, 4.69) is 4.72 Å². The molecule has 2 aromatic rings. The third kappa shape index (κ3) is 4.24. The summed E-state index contributed by atoms with van der Waals surface area (Å²) < 4.78 is 33.6. The largest absolute Gasteiger partial charge is 0.497 e. The Labute approximate surface area is 154 Å². The molecule has 0 saturated carbocycles. The molecule has 0 aromatic heterocycles. The summed E-state index contributed by atoms with van der Waals surface area (Å²) in [5.41, 5.74) is 1.98. The molecule has 1 aliphatic rings. The van der Waals surface area contributed by atoms with Gasteiger partial charge in [0, 0.05) is 13.6 Å². The van der Waals surface area contributed by atoms with E-state index in [0.29, 0.717) is 13.0 Å². The maximum atomic E-state index is 12.8. The lowest BCUT2D eigenvalue weighted by atomic mass is 10.0. The Morgan fingerprint density at radius 1 is 1.15 bits per heavy atom. The number of sulfonamides is 1. The van der Waals surface area contributed by atoms with Crippen LogP contribution in [0.1, 0.15) is 17.2 Å². The highest BCUT2D eigenvalue weighted by Crippen LogP contribution is 2.33. The summed E-state index contributed by atoms with van der Waals surface area (Å²) in [7, 11) is -0.165. The van der Waals surface area contributed by atoms with Gasteiger partial charge in [-0.25, -0.2) is 13.1 Å². The van der Waals surface area contributed by atoms with Crippen molar-refractivity contribution in [2.45, 2.75) is 17.7 Å². The average molecular weight is 376 g/mol. The van der Waals surface area contributed by atoms with Gasteiger partial charge < -0.3 is 4.74 Å². The first-order valence-electron chi connectivity index (χ1n) is 8.53. The first-order chi connectivity index (χ1) is 12.5. The fourth-order valence-corrected chi connectivity index (χ4v) is 4.68. The Morgan fingerprint density at radius 3 is 2.50 bits per heavy atom. The first kappa shape index (κ1) is 18.8. The van der Waals surface area contributed by atoms with Gasteiger partial charge in [-0.05, 0) is 29.7 Å². The molecular formula is C19H24N2O4S. The molecule has 1 saturated heterocycles. The molecule has 2 aromatic carbocycles. The van der Waals surface area contributed by atoms with Crippen LogP contribution in [0, 0.1) is 0 Å². The number of nitrogens with zero attached hydrogens (tertiary/aromatic N) is 1. The van der Waals surface area contributed by atoms with Gasteiger partial charge in [-0.3, -0.25) is 4.84 Å². The fourth-order valence-electron chi connectivity index (χ4n) is 3.17. The number of ether oxygens (including phenoxy) is 1. The van der Waals surface area contributed by atoms with Gasteiger partial charge in [0.1, 0.15) is 11.0 Å². The van der Waals surface area contributed by atoms with E-state index in [0.717, 1.165) is 16.9 Å². The standard InChI is InChI=1S/C19H24N2O4S/c1-21-19(16-8-10-17(24-2)11-9-16)18(14-25-21)26(22,23)20-13-12-15-6-4-3-5-7-15/h3-11,18-20H,12-14H2,1-2H3/t18-,19+/m0/s1. The van der Waals surface area contributed by atoms with Crippen LogP contribution in [-0.4, -0.2) is 46.0 Å². The lowest BCUT2D eigenvalue weighted by Crippen LogP contribution is -2.40. The molecule has 0 amide bonds. The minimum absolute atomic E-state index is 0.133. The Kier molecular flexibility index (Phi) is 5.93. The van der Waals surface area contributed by atoms with Crippen molar-refractivity contribution in [3.05, 3.63) is 65.7 Å². The summed E-state index contributed by atoms with van der Waals surface area (Å²) in [5, 5.41) is 0.944. The van der Waals surface area contributed by atoms with Crippen LogP contribution in [0.3, 0.4) is 0 Å². The molecule has 140 valence electrons. The molecule has 0 radical (unpaired) electrons. The normalized spacial score (nSPS) is 21.0. The zero-order chi connectivity index (χ0) is 18.6. The van der Waals surface area contributed by atoms with Crippen molar-refractivity contribution in [2.75, 3.05) is 27.3 Å². The Morgan fingerprint density at radius 2 is 1.85 bits per heavy atom. The number of hydroxylamine groups is 2. The van der Waals surface area contributed by atoms with Crippen molar-refractivity contribution in [2.24, 2.45) is 0 Å². The number of hydrogen-bond acceptors (Lipinski definition) is 5. The van der Waals surface area contributed by atoms with Gasteiger partial charge in [0.2, 0.25) is 10.0 Å². The highest BCUT2D eigenvalue weighted by molar-refractivity contribution is 7.90. The molecule has 1 heterocycles. The maximum Gasteiger partial charge on any atom is 0.218 e. The molecule has 6 nitrogen and oxygen atoms in total. The Bertz CT molecular complexity index is 809. The van der Waals surface area contributed by atoms with Crippen LogP contribution in [0.5, 0.6) is 5.75 Å². The summed E-state index contributed by atoms with van der Waals surface area (Å²) in [6.45, 7) is 0.496. The number of hydrogen-bond donors (Lipinski definition) is 1. The quantitative estimate of drug-likeness (QED) is 0.802. The molecule has 0 aliphatic carbocycles. The SMILES string of the molecule is COc1ccc([C@@H]2[C@@H](S(=O)(=O)NCCc3ccccc3)CON2C)cc1. The zero-order valence-corrected chi connectivity index (χ0v) is 15.8. The molecule has 26 heavy (non-hydrogen) atoms. The lowest BCUT2D eigenvalue weighted by Gasteiger charge is -2.23. The van der Waals surface area contributed by atoms with Crippen LogP contribution in [0.2, 0.25) is 0 Å². The van der Waals surface area contributed by atoms with Crippen molar-refractivity contribution in [1.29, 1.82) is 0 Å². The molecule has 1 fully saturated rings. The van der Waals surface area contributed by atoms with Crippen molar-refractivity contribution >= 4 is 10.0 Å². The summed E-state index contributed by atoms with van der Waals surface area (Å²) >= 11 is 0. The summed E-state index contributed by atoms with van der Waals surface area (Å²) in [6, 6.07) is 16.9. The van der Waals surface area contributed by atoms with Crippen molar-refractivity contribution in [3.8, 4) is 5.75 Å². The van der Waals surface area contributed by atoms with Crippen molar-refractivity contribution in [3.63, 3.8) is 0 Å². The molecule has 7 heteroatoms. The summed E-state index contributed by atoms with van der Waals surface area (Å²) in [5.74, 6) is 0.732. The highest BCUT2D eigenvalue weighted by Gasteiger charge is 2.42. The van der Waals surface area contributed by atoms with Crippen LogP contribution in [0.25, 0.3) is 0 Å². The van der Waals surface area contributed by atoms with E-state index >= 15 is 0 Å². The van der Waals surface area contributed by atoms with Crippen molar-refractivity contribution < 1.29 is 18.0 Å². The topological polar surface area (TPSA) is 67.9 Å². The molecule has 0 spiro atoms. The van der Waals surface area contributed by atoms with E-state index in [-0.39, 0.29) is 12.6 Å².